The molecule has 0 heterocycles. The average Bonchev–Trinajstić information content (AvgIpc) is 2.14. The van der Waals surface area contributed by atoms with Gasteiger partial charge in [-0.25, -0.2) is 0 Å². The highest BCUT2D eigenvalue weighted by atomic mass is 79.9. The summed E-state index contributed by atoms with van der Waals surface area (Å²) in [7, 11) is 0. The Bertz CT molecular complexity index is 265. The Hall–Kier alpha value is -0.410. The van der Waals surface area contributed by atoms with E-state index in [4.69, 9.17) is 5.73 Å². The third-order valence-electron chi connectivity index (χ3n) is 2.02. The van der Waals surface area contributed by atoms with E-state index in [1.54, 1.807) is 0 Å². The highest BCUT2D eigenvalue weighted by Gasteiger charge is 2.09. The average molecular weight is 246 g/mol. The first-order valence-electron chi connectivity index (χ1n) is 4.29. The lowest BCUT2D eigenvalue weighted by molar-refractivity contribution is 0.418. The maximum Gasteiger partial charge on any atom is 0.0963 e. The molecule has 0 saturated carbocycles. The van der Waals surface area contributed by atoms with E-state index in [0.717, 1.165) is 10.0 Å². The molecule has 3 heteroatoms. The van der Waals surface area contributed by atoms with Gasteiger partial charge in [0.2, 0.25) is 0 Å². The van der Waals surface area contributed by atoms with Gasteiger partial charge < -0.3 is 5.73 Å². The molecule has 2 N–H and O–H groups in total. The molecule has 1 rings (SSSR count). The molecule has 0 amide bonds. The maximum absolute atomic E-state index is 12.6. The predicted octanol–water partition coefficient (Wildman–Crippen LogP) is 2.85. The van der Waals surface area contributed by atoms with E-state index >= 15 is 0 Å². The zero-order valence-corrected chi connectivity index (χ0v) is 8.93. The Morgan fingerprint density at radius 3 is 2.77 bits per heavy atom. The largest absolute Gasteiger partial charge is 0.330 e. The minimum Gasteiger partial charge on any atom is -0.330 e. The lowest BCUT2D eigenvalue weighted by Gasteiger charge is -2.12. The van der Waals surface area contributed by atoms with Crippen molar-refractivity contribution in [2.75, 3.05) is 13.2 Å². The van der Waals surface area contributed by atoms with Crippen LogP contribution in [0.1, 0.15) is 17.9 Å². The van der Waals surface area contributed by atoms with E-state index in [2.05, 4.69) is 15.9 Å². The van der Waals surface area contributed by atoms with Gasteiger partial charge in [-0.15, -0.1) is 0 Å². The first-order chi connectivity index (χ1) is 6.27. The van der Waals surface area contributed by atoms with E-state index in [0.29, 0.717) is 13.0 Å². The number of rotatable bonds is 4. The van der Waals surface area contributed by atoms with Gasteiger partial charge in [0, 0.05) is 10.4 Å². The summed E-state index contributed by atoms with van der Waals surface area (Å²) >= 11 is 3.36. The molecule has 72 valence electrons. The van der Waals surface area contributed by atoms with Crippen molar-refractivity contribution in [1.29, 1.82) is 0 Å². The fourth-order valence-corrected chi connectivity index (χ4v) is 1.71. The van der Waals surface area contributed by atoms with Crippen LogP contribution >= 0.6 is 15.9 Å². The Morgan fingerprint density at radius 1 is 1.46 bits per heavy atom. The molecule has 13 heavy (non-hydrogen) atoms. The fourth-order valence-electron chi connectivity index (χ4n) is 1.29. The molecule has 0 aliphatic rings. The lowest BCUT2D eigenvalue weighted by atomic mass is 9.97. The normalized spacial score (nSPS) is 12.8. The van der Waals surface area contributed by atoms with Crippen molar-refractivity contribution < 1.29 is 4.39 Å². The Morgan fingerprint density at radius 2 is 2.23 bits per heavy atom. The van der Waals surface area contributed by atoms with Crippen LogP contribution in [0, 0.1) is 0 Å². The highest BCUT2D eigenvalue weighted by Crippen LogP contribution is 2.22. The van der Waals surface area contributed by atoms with Crippen LogP contribution in [0.2, 0.25) is 0 Å². The van der Waals surface area contributed by atoms with Gasteiger partial charge in [0.05, 0.1) is 6.67 Å². The summed E-state index contributed by atoms with van der Waals surface area (Å²) in [6.45, 7) is 0.189. The second kappa shape index (κ2) is 5.35. The number of benzene rings is 1. The fraction of sp³-hybridized carbons (Fsp3) is 0.400. The zero-order valence-electron chi connectivity index (χ0n) is 7.34. The van der Waals surface area contributed by atoms with Crippen LogP contribution in [0.4, 0.5) is 4.39 Å². The SMILES string of the molecule is NCCC(CF)c1cccc(Br)c1. The summed E-state index contributed by atoms with van der Waals surface area (Å²) in [6, 6.07) is 7.73. The molecule has 1 nitrogen and oxygen atoms in total. The van der Waals surface area contributed by atoms with Crippen LogP contribution in [-0.2, 0) is 0 Å². The summed E-state index contributed by atoms with van der Waals surface area (Å²) in [5.41, 5.74) is 6.42. The quantitative estimate of drug-likeness (QED) is 0.868. The number of nitrogens with two attached hydrogens (primary N) is 1. The van der Waals surface area contributed by atoms with E-state index in [9.17, 15) is 4.39 Å². The zero-order chi connectivity index (χ0) is 9.68. The topological polar surface area (TPSA) is 26.0 Å². The summed E-state index contributed by atoms with van der Waals surface area (Å²) in [6.07, 6.45) is 0.701. The predicted molar refractivity (Wildman–Crippen MR) is 56.5 cm³/mol. The molecule has 0 aliphatic carbocycles. The van der Waals surface area contributed by atoms with Crippen LogP contribution in [0.25, 0.3) is 0 Å². The Kier molecular flexibility index (Phi) is 4.39. The van der Waals surface area contributed by atoms with Crippen molar-refractivity contribution in [3.05, 3.63) is 34.3 Å². The van der Waals surface area contributed by atoms with E-state index in [1.165, 1.54) is 0 Å². The molecule has 0 fully saturated rings. The number of alkyl halides is 1. The van der Waals surface area contributed by atoms with Crippen molar-refractivity contribution >= 4 is 15.9 Å². The molecule has 0 spiro atoms. The first-order valence-corrected chi connectivity index (χ1v) is 5.08. The van der Waals surface area contributed by atoms with Crippen molar-refractivity contribution in [2.24, 2.45) is 5.73 Å². The third-order valence-corrected chi connectivity index (χ3v) is 2.51. The Labute approximate surface area is 86.3 Å². The molecular formula is C10H13BrFN. The third kappa shape index (κ3) is 3.08. The standard InChI is InChI=1S/C10H13BrFN/c11-10-3-1-2-8(6-10)9(7-12)4-5-13/h1-3,6,9H,4-5,7,13H2. The van der Waals surface area contributed by atoms with Crippen molar-refractivity contribution in [2.45, 2.75) is 12.3 Å². The summed E-state index contributed by atoms with van der Waals surface area (Å²) in [5.74, 6) is -0.0532. The van der Waals surface area contributed by atoms with Gasteiger partial charge in [0.1, 0.15) is 0 Å². The minimum atomic E-state index is -0.340. The van der Waals surface area contributed by atoms with Gasteiger partial charge in [-0.2, -0.15) is 0 Å². The minimum absolute atomic E-state index is 0.0532. The second-order valence-electron chi connectivity index (χ2n) is 2.98. The molecular weight excluding hydrogens is 233 g/mol. The highest BCUT2D eigenvalue weighted by molar-refractivity contribution is 9.10. The molecule has 1 atom stereocenters. The molecule has 0 saturated heterocycles. The van der Waals surface area contributed by atoms with E-state index < -0.39 is 0 Å². The molecule has 1 aromatic carbocycles. The molecule has 1 unspecified atom stereocenters. The van der Waals surface area contributed by atoms with Gasteiger partial charge >= 0.3 is 0 Å². The summed E-state index contributed by atoms with van der Waals surface area (Å²) < 4.78 is 13.6. The monoisotopic (exact) mass is 245 g/mol. The second-order valence-corrected chi connectivity index (χ2v) is 3.90. The van der Waals surface area contributed by atoms with Crippen LogP contribution in [0.5, 0.6) is 0 Å². The maximum atomic E-state index is 12.6. The van der Waals surface area contributed by atoms with Crippen LogP contribution < -0.4 is 5.73 Å². The Balaban J connectivity index is 2.78. The molecule has 1 aromatic rings. The van der Waals surface area contributed by atoms with Gasteiger partial charge in [0.15, 0.2) is 0 Å². The molecule has 0 aromatic heterocycles. The molecule has 0 bridgehead atoms. The smallest absolute Gasteiger partial charge is 0.0963 e. The van der Waals surface area contributed by atoms with Crippen LogP contribution in [0.15, 0.2) is 28.7 Å². The molecule has 0 aliphatic heterocycles. The van der Waals surface area contributed by atoms with Crippen LogP contribution in [-0.4, -0.2) is 13.2 Å². The molecule has 0 radical (unpaired) electrons. The number of hydrogen-bond donors (Lipinski definition) is 1. The van der Waals surface area contributed by atoms with Crippen molar-refractivity contribution in [3.8, 4) is 0 Å². The number of hydrogen-bond acceptors (Lipinski definition) is 1. The van der Waals surface area contributed by atoms with Crippen molar-refractivity contribution in [1.82, 2.24) is 0 Å². The van der Waals surface area contributed by atoms with Gasteiger partial charge in [-0.3, -0.25) is 4.39 Å². The van der Waals surface area contributed by atoms with Crippen LogP contribution in [0.3, 0.4) is 0 Å². The van der Waals surface area contributed by atoms with E-state index in [-0.39, 0.29) is 12.6 Å². The van der Waals surface area contributed by atoms with Gasteiger partial charge in [0.25, 0.3) is 0 Å². The lowest BCUT2D eigenvalue weighted by Crippen LogP contribution is -2.08. The van der Waals surface area contributed by atoms with Crippen molar-refractivity contribution in [3.63, 3.8) is 0 Å². The van der Waals surface area contributed by atoms with E-state index in [1.807, 2.05) is 24.3 Å². The summed E-state index contributed by atoms with van der Waals surface area (Å²) in [4.78, 5) is 0. The first kappa shape index (κ1) is 10.7. The summed E-state index contributed by atoms with van der Waals surface area (Å²) in [5, 5.41) is 0. The number of halogens is 2. The van der Waals surface area contributed by atoms with Gasteiger partial charge in [-0.1, -0.05) is 28.1 Å². The van der Waals surface area contributed by atoms with Gasteiger partial charge in [-0.05, 0) is 30.7 Å².